The molecule has 1 aromatic carbocycles. The van der Waals surface area contributed by atoms with Gasteiger partial charge in [-0.25, -0.2) is 4.79 Å². The molecule has 1 aromatic rings. The summed E-state index contributed by atoms with van der Waals surface area (Å²) in [6.45, 7) is 2.21. The predicted molar refractivity (Wildman–Crippen MR) is 77.5 cm³/mol. The first-order chi connectivity index (χ1) is 9.11. The molecule has 4 N–H and O–H groups in total. The third-order valence-corrected chi connectivity index (χ3v) is 4.07. The molecule has 0 saturated heterocycles. The number of nitrogens with two attached hydrogens (primary N) is 1. The third-order valence-electron chi connectivity index (χ3n) is 4.07. The van der Waals surface area contributed by atoms with Crippen molar-refractivity contribution < 1.29 is 9.90 Å². The first kappa shape index (κ1) is 13.7. The number of carboxylic acids is 1. The van der Waals surface area contributed by atoms with Crippen molar-refractivity contribution in [2.24, 2.45) is 5.92 Å². The number of hydrogen-bond acceptors (Lipinski definition) is 3. The van der Waals surface area contributed by atoms with E-state index in [-0.39, 0.29) is 5.56 Å². The summed E-state index contributed by atoms with van der Waals surface area (Å²) < 4.78 is 0. The Morgan fingerprint density at radius 3 is 2.84 bits per heavy atom. The van der Waals surface area contributed by atoms with Crippen LogP contribution >= 0.6 is 0 Å². The van der Waals surface area contributed by atoms with Crippen molar-refractivity contribution in [2.75, 3.05) is 11.1 Å². The summed E-state index contributed by atoms with van der Waals surface area (Å²) in [5.41, 5.74) is 7.59. The monoisotopic (exact) mass is 262 g/mol. The zero-order valence-corrected chi connectivity index (χ0v) is 11.4. The normalized spacial score (nSPS) is 23.0. The van der Waals surface area contributed by atoms with Crippen molar-refractivity contribution in [1.82, 2.24) is 0 Å². The average Bonchev–Trinajstić information content (AvgIpc) is 2.41. The summed E-state index contributed by atoms with van der Waals surface area (Å²) in [5.74, 6) is -0.264. The molecule has 4 heteroatoms. The maximum atomic E-state index is 11.0. The fourth-order valence-electron chi connectivity index (χ4n) is 2.90. The molecule has 0 heterocycles. The third kappa shape index (κ3) is 3.19. The number of nitrogens with one attached hydrogen (secondary N) is 1. The van der Waals surface area contributed by atoms with Gasteiger partial charge in [0.25, 0.3) is 0 Å². The van der Waals surface area contributed by atoms with Crippen LogP contribution in [-0.2, 0) is 0 Å². The molecule has 0 spiro atoms. The molecule has 19 heavy (non-hydrogen) atoms. The Hall–Kier alpha value is -1.71. The van der Waals surface area contributed by atoms with Gasteiger partial charge >= 0.3 is 5.97 Å². The molecule has 0 amide bonds. The average molecular weight is 262 g/mol. The number of carbonyl (C=O) groups is 1. The van der Waals surface area contributed by atoms with Crippen molar-refractivity contribution in [3.8, 4) is 0 Å². The van der Waals surface area contributed by atoms with Gasteiger partial charge in [0, 0.05) is 6.04 Å². The van der Waals surface area contributed by atoms with Crippen molar-refractivity contribution in [1.29, 1.82) is 0 Å². The summed E-state index contributed by atoms with van der Waals surface area (Å²) in [4.78, 5) is 11.0. The highest BCUT2D eigenvalue weighted by atomic mass is 16.4. The molecule has 0 aromatic heterocycles. The van der Waals surface area contributed by atoms with Gasteiger partial charge in [-0.15, -0.1) is 0 Å². The molecule has 1 aliphatic carbocycles. The number of anilines is 2. The first-order valence-corrected chi connectivity index (χ1v) is 7.01. The van der Waals surface area contributed by atoms with Gasteiger partial charge in [0.05, 0.1) is 16.9 Å². The molecule has 0 aliphatic heterocycles. The molecular weight excluding hydrogens is 240 g/mol. The Labute approximate surface area is 114 Å². The maximum absolute atomic E-state index is 11.0. The van der Waals surface area contributed by atoms with Crippen LogP contribution in [0.5, 0.6) is 0 Å². The van der Waals surface area contributed by atoms with E-state index >= 15 is 0 Å². The summed E-state index contributed by atoms with van der Waals surface area (Å²) >= 11 is 0. The van der Waals surface area contributed by atoms with Crippen LogP contribution < -0.4 is 11.1 Å². The molecular formula is C15H22N2O2. The molecule has 1 saturated carbocycles. The lowest BCUT2D eigenvalue weighted by molar-refractivity contribution is 0.0697. The second-order valence-electron chi connectivity index (χ2n) is 5.31. The molecule has 4 nitrogen and oxygen atoms in total. The Balaban J connectivity index is 2.17. The van der Waals surface area contributed by atoms with E-state index in [0.717, 1.165) is 18.5 Å². The van der Waals surface area contributed by atoms with E-state index in [1.54, 1.807) is 18.2 Å². The highest BCUT2D eigenvalue weighted by Crippen LogP contribution is 2.31. The number of rotatable bonds is 4. The number of hydrogen-bond donors (Lipinski definition) is 3. The smallest absolute Gasteiger partial charge is 0.335 e. The first-order valence-electron chi connectivity index (χ1n) is 7.01. The van der Waals surface area contributed by atoms with E-state index in [2.05, 4.69) is 12.2 Å². The van der Waals surface area contributed by atoms with E-state index < -0.39 is 5.97 Å². The standard InChI is InChI=1S/C15H22N2O2/c1-2-10-5-3-4-6-13(10)17-14-9-11(15(18)19)7-8-12(14)16/h7-10,13,17H,2-6,16H2,1H3,(H,18,19). The highest BCUT2D eigenvalue weighted by Gasteiger charge is 2.24. The lowest BCUT2D eigenvalue weighted by Crippen LogP contribution is -2.32. The van der Waals surface area contributed by atoms with E-state index in [4.69, 9.17) is 10.8 Å². The lowest BCUT2D eigenvalue weighted by atomic mass is 9.82. The van der Waals surface area contributed by atoms with Crippen LogP contribution in [0.25, 0.3) is 0 Å². The summed E-state index contributed by atoms with van der Waals surface area (Å²) in [6.07, 6.45) is 6.05. The predicted octanol–water partition coefficient (Wildman–Crippen LogP) is 3.35. The van der Waals surface area contributed by atoms with E-state index in [0.29, 0.717) is 17.6 Å². The Kier molecular flexibility index (Phi) is 4.30. The summed E-state index contributed by atoms with van der Waals surface area (Å²) in [7, 11) is 0. The van der Waals surface area contributed by atoms with Crippen LogP contribution in [0.3, 0.4) is 0 Å². The Morgan fingerprint density at radius 1 is 1.42 bits per heavy atom. The van der Waals surface area contributed by atoms with E-state index in [1.165, 1.54) is 19.3 Å². The quantitative estimate of drug-likeness (QED) is 0.727. The minimum absolute atomic E-state index is 0.278. The fourth-order valence-corrected chi connectivity index (χ4v) is 2.90. The van der Waals surface area contributed by atoms with Crippen LogP contribution in [0.1, 0.15) is 49.4 Å². The molecule has 2 atom stereocenters. The molecule has 104 valence electrons. The molecule has 0 bridgehead atoms. The van der Waals surface area contributed by atoms with Crippen LogP contribution in [0.15, 0.2) is 18.2 Å². The largest absolute Gasteiger partial charge is 0.478 e. The van der Waals surface area contributed by atoms with Gasteiger partial charge in [-0.05, 0) is 37.0 Å². The van der Waals surface area contributed by atoms with Gasteiger partial charge in [-0.3, -0.25) is 0 Å². The van der Waals surface area contributed by atoms with Crippen LogP contribution in [0.2, 0.25) is 0 Å². The molecule has 0 radical (unpaired) electrons. The van der Waals surface area contributed by atoms with Crippen molar-refractivity contribution in [2.45, 2.75) is 45.1 Å². The minimum Gasteiger partial charge on any atom is -0.478 e. The maximum Gasteiger partial charge on any atom is 0.335 e. The Morgan fingerprint density at radius 2 is 2.16 bits per heavy atom. The van der Waals surface area contributed by atoms with Crippen LogP contribution in [-0.4, -0.2) is 17.1 Å². The molecule has 1 fully saturated rings. The number of nitrogen functional groups attached to an aromatic ring is 1. The van der Waals surface area contributed by atoms with E-state index in [9.17, 15) is 4.79 Å². The van der Waals surface area contributed by atoms with Crippen LogP contribution in [0, 0.1) is 5.92 Å². The zero-order chi connectivity index (χ0) is 13.8. The minimum atomic E-state index is -0.918. The fraction of sp³-hybridized carbons (Fsp3) is 0.533. The molecule has 2 rings (SSSR count). The van der Waals surface area contributed by atoms with Gasteiger partial charge in [-0.2, -0.15) is 0 Å². The van der Waals surface area contributed by atoms with Gasteiger partial charge in [0.1, 0.15) is 0 Å². The molecule has 1 aliphatic rings. The topological polar surface area (TPSA) is 75.3 Å². The highest BCUT2D eigenvalue weighted by molar-refractivity contribution is 5.90. The molecule has 2 unspecified atom stereocenters. The van der Waals surface area contributed by atoms with Gasteiger partial charge in [-0.1, -0.05) is 26.2 Å². The van der Waals surface area contributed by atoms with Crippen molar-refractivity contribution in [3.05, 3.63) is 23.8 Å². The number of carboxylic acid groups (broad SMARTS) is 1. The lowest BCUT2D eigenvalue weighted by Gasteiger charge is -2.32. The van der Waals surface area contributed by atoms with E-state index in [1.807, 2.05) is 0 Å². The number of benzene rings is 1. The Bertz CT molecular complexity index is 459. The van der Waals surface area contributed by atoms with Crippen LogP contribution in [0.4, 0.5) is 11.4 Å². The van der Waals surface area contributed by atoms with Gasteiger partial charge in [0.15, 0.2) is 0 Å². The second kappa shape index (κ2) is 5.95. The van der Waals surface area contributed by atoms with Crippen molar-refractivity contribution >= 4 is 17.3 Å². The summed E-state index contributed by atoms with van der Waals surface area (Å²) in [6, 6.07) is 5.25. The zero-order valence-electron chi connectivity index (χ0n) is 11.4. The second-order valence-corrected chi connectivity index (χ2v) is 5.31. The number of aromatic carboxylic acids is 1. The van der Waals surface area contributed by atoms with Gasteiger partial charge < -0.3 is 16.2 Å². The van der Waals surface area contributed by atoms with Gasteiger partial charge in [0.2, 0.25) is 0 Å². The summed E-state index contributed by atoms with van der Waals surface area (Å²) in [5, 5.41) is 12.5. The van der Waals surface area contributed by atoms with Crippen molar-refractivity contribution in [3.63, 3.8) is 0 Å². The SMILES string of the molecule is CCC1CCCCC1Nc1cc(C(=O)O)ccc1N.